The van der Waals surface area contributed by atoms with E-state index in [1.54, 1.807) is 5.43 Å². The Bertz CT molecular complexity index is 998. The smallest absolute Gasteiger partial charge is 0.404 e. The van der Waals surface area contributed by atoms with Gasteiger partial charge >= 0.3 is 7.12 Å². The Morgan fingerprint density at radius 3 is 2.44 bits per heavy atom. The summed E-state index contributed by atoms with van der Waals surface area (Å²) in [6.45, 7) is 15.5. The van der Waals surface area contributed by atoms with Gasteiger partial charge in [-0.1, -0.05) is 66.2 Å². The number of hydrazine groups is 1. The maximum Gasteiger partial charge on any atom is 0.481 e. The van der Waals surface area contributed by atoms with Crippen LogP contribution in [0.1, 0.15) is 113 Å². The molecule has 2 bridgehead atoms. The monoisotopic (exact) mass is 606 g/mol. The van der Waals surface area contributed by atoms with E-state index in [-0.39, 0.29) is 47.3 Å². The fraction of sp³-hybridized carbons (Fsp3) is 0.900. The molecule has 1 unspecified atom stereocenters. The molecule has 244 valence electrons. The molecule has 4 fully saturated rings. The van der Waals surface area contributed by atoms with Crippen molar-refractivity contribution >= 4 is 24.9 Å². The minimum Gasteiger partial charge on any atom is -0.404 e. The zero-order valence-electron chi connectivity index (χ0n) is 27.3. The normalized spacial score (nSPS) is 27.3. The fourth-order valence-corrected chi connectivity index (χ4v) is 7.36. The molecule has 43 heavy (non-hydrogen) atoms. The number of carbonyl (C=O) groups excluding carboxylic acids is 2. The lowest BCUT2D eigenvalue weighted by Crippen LogP contribution is -2.65. The zero-order valence-corrected chi connectivity index (χ0v) is 27.3. The summed E-state index contributed by atoms with van der Waals surface area (Å²) in [5.41, 5.74) is 1.58. The van der Waals surface area contributed by atoms with Crippen LogP contribution >= 0.6 is 0 Å². The quantitative estimate of drug-likeness (QED) is 0.0414. The van der Waals surface area contributed by atoms with Gasteiger partial charge in [-0.3, -0.25) is 15.0 Å². The maximum absolute atomic E-state index is 13.7. The van der Waals surface area contributed by atoms with Crippen LogP contribution in [-0.4, -0.2) is 60.2 Å². The van der Waals surface area contributed by atoms with Crippen molar-refractivity contribution in [2.45, 2.75) is 136 Å². The molecule has 13 heteroatoms. The average Bonchev–Trinajstić information content (AvgIpc) is 3.28. The van der Waals surface area contributed by atoms with Crippen LogP contribution in [0, 0.1) is 44.6 Å². The van der Waals surface area contributed by atoms with E-state index >= 15 is 0 Å². The van der Waals surface area contributed by atoms with Crippen molar-refractivity contribution in [1.82, 2.24) is 21.4 Å². The molecule has 5 N–H and O–H groups in total. The van der Waals surface area contributed by atoms with Crippen LogP contribution in [-0.2, 0) is 18.9 Å². The van der Waals surface area contributed by atoms with Crippen molar-refractivity contribution in [3.05, 3.63) is 10.1 Å². The van der Waals surface area contributed by atoms with Crippen molar-refractivity contribution < 1.29 is 23.9 Å². The van der Waals surface area contributed by atoms with Crippen molar-refractivity contribution in [2.75, 3.05) is 6.54 Å². The SMILES string of the molecule is CCCCC(C)CCC(=O)N[C@@H](CCCNC(=N)N[N+](=O)[O-])C(=O)N[C@@H](CC(C)C)B1O[C@@H]2C[C@@H]3C[C@@H](C3(C)C)[C@]2(C)O1. The molecule has 0 aromatic heterocycles. The molecule has 4 rings (SSSR count). The van der Waals surface area contributed by atoms with E-state index < -0.39 is 24.2 Å². The molecule has 1 saturated heterocycles. The maximum atomic E-state index is 13.7. The summed E-state index contributed by atoms with van der Waals surface area (Å²) in [4.78, 5) is 37.3. The Labute approximate surface area is 257 Å². The summed E-state index contributed by atoms with van der Waals surface area (Å²) in [7, 11) is -0.567. The van der Waals surface area contributed by atoms with Crippen LogP contribution in [0.25, 0.3) is 0 Å². The topological polar surface area (TPSA) is 168 Å². The summed E-state index contributed by atoms with van der Waals surface area (Å²) < 4.78 is 13.2. The number of amides is 2. The largest absolute Gasteiger partial charge is 0.481 e. The van der Waals surface area contributed by atoms with Gasteiger partial charge in [-0.25, -0.2) is 10.1 Å². The van der Waals surface area contributed by atoms with Crippen LogP contribution in [0.2, 0.25) is 0 Å². The lowest BCUT2D eigenvalue weighted by Gasteiger charge is -2.64. The molecule has 3 saturated carbocycles. The third-order valence-electron chi connectivity index (χ3n) is 10.1. The number of hydrogen-bond acceptors (Lipinski definition) is 7. The van der Waals surface area contributed by atoms with Gasteiger partial charge < -0.3 is 25.3 Å². The van der Waals surface area contributed by atoms with Gasteiger partial charge in [-0.2, -0.15) is 0 Å². The van der Waals surface area contributed by atoms with Crippen LogP contribution < -0.4 is 21.4 Å². The number of nitrogens with zero attached hydrogens (tertiary/aromatic N) is 1. The highest BCUT2D eigenvalue weighted by Crippen LogP contribution is 2.65. The number of nitro groups is 1. The number of guanidine groups is 1. The van der Waals surface area contributed by atoms with Gasteiger partial charge in [0.25, 0.3) is 5.96 Å². The summed E-state index contributed by atoms with van der Waals surface area (Å²) >= 11 is 0. The highest BCUT2D eigenvalue weighted by atomic mass is 16.7. The second-order valence-electron chi connectivity index (χ2n) is 14.3. The van der Waals surface area contributed by atoms with Crippen LogP contribution in [0.5, 0.6) is 0 Å². The van der Waals surface area contributed by atoms with Crippen molar-refractivity contribution in [1.29, 1.82) is 5.41 Å². The van der Waals surface area contributed by atoms with Gasteiger partial charge in [0.05, 0.1) is 17.6 Å². The molecular weight excluding hydrogens is 551 g/mol. The van der Waals surface area contributed by atoms with E-state index in [9.17, 15) is 19.7 Å². The Balaban J connectivity index is 1.65. The van der Waals surface area contributed by atoms with E-state index in [4.69, 9.17) is 14.7 Å². The van der Waals surface area contributed by atoms with Gasteiger partial charge in [0, 0.05) is 13.0 Å². The van der Waals surface area contributed by atoms with E-state index in [0.717, 1.165) is 38.5 Å². The second-order valence-corrected chi connectivity index (χ2v) is 14.3. The van der Waals surface area contributed by atoms with E-state index in [0.29, 0.717) is 43.4 Å². The van der Waals surface area contributed by atoms with Crippen molar-refractivity contribution in [3.63, 3.8) is 0 Å². The third-order valence-corrected chi connectivity index (χ3v) is 10.1. The molecule has 12 nitrogen and oxygen atoms in total. The van der Waals surface area contributed by atoms with E-state index in [1.807, 2.05) is 0 Å². The first-order valence-electron chi connectivity index (χ1n) is 16.3. The van der Waals surface area contributed by atoms with Crippen LogP contribution in [0.4, 0.5) is 0 Å². The van der Waals surface area contributed by atoms with E-state index in [1.165, 1.54) is 0 Å². The molecule has 0 radical (unpaired) electrons. The predicted octanol–water partition coefficient (Wildman–Crippen LogP) is 3.96. The lowest BCUT2D eigenvalue weighted by atomic mass is 9.43. The number of nitrogens with one attached hydrogen (secondary N) is 5. The minimum atomic E-state index is -0.809. The number of carbonyl (C=O) groups is 2. The van der Waals surface area contributed by atoms with E-state index in [2.05, 4.69) is 64.4 Å². The number of unbranched alkanes of at least 4 members (excludes halogenated alkanes) is 1. The first-order chi connectivity index (χ1) is 20.2. The van der Waals surface area contributed by atoms with Gasteiger partial charge in [-0.15, -0.1) is 0 Å². The summed E-state index contributed by atoms with van der Waals surface area (Å²) in [6, 6.07) is -0.793. The second kappa shape index (κ2) is 15.1. The molecule has 1 aliphatic heterocycles. The summed E-state index contributed by atoms with van der Waals surface area (Å²) in [5.74, 6) is 0.458. The van der Waals surface area contributed by atoms with Crippen LogP contribution in [0.15, 0.2) is 0 Å². The number of hydrogen-bond donors (Lipinski definition) is 5. The summed E-state index contributed by atoms with van der Waals surface area (Å²) in [5, 5.41) is 26.1. The van der Waals surface area contributed by atoms with Gasteiger partial charge in [0.2, 0.25) is 11.8 Å². The molecule has 1 heterocycles. The molecule has 0 aromatic rings. The van der Waals surface area contributed by atoms with Crippen LogP contribution in [0.3, 0.4) is 0 Å². The number of rotatable bonds is 17. The molecule has 7 atom stereocenters. The summed E-state index contributed by atoms with van der Waals surface area (Å²) in [6.07, 6.45) is 7.90. The molecular formula is C30H55BN6O6. The molecule has 3 aliphatic carbocycles. The Hall–Kier alpha value is -2.41. The fourth-order valence-electron chi connectivity index (χ4n) is 7.36. The van der Waals surface area contributed by atoms with Gasteiger partial charge in [0.15, 0.2) is 5.03 Å². The highest BCUT2D eigenvalue weighted by molar-refractivity contribution is 6.48. The lowest BCUT2D eigenvalue weighted by molar-refractivity contribution is -0.525. The van der Waals surface area contributed by atoms with Gasteiger partial charge in [-0.05, 0) is 74.5 Å². The molecule has 0 aromatic carbocycles. The molecule has 2 amide bonds. The average molecular weight is 607 g/mol. The molecule has 0 spiro atoms. The molecule has 4 aliphatic rings. The minimum absolute atomic E-state index is 0.000189. The highest BCUT2D eigenvalue weighted by Gasteiger charge is 2.68. The van der Waals surface area contributed by atoms with Crippen molar-refractivity contribution in [2.24, 2.45) is 29.1 Å². The first kappa shape index (κ1) is 35.1. The Morgan fingerprint density at radius 1 is 1.09 bits per heavy atom. The Kier molecular flexibility index (Phi) is 12.3. The standard InChI is InChI=1S/C30H55BN6O6/c1-8-9-11-20(4)13-14-26(38)34-22(12-10-15-33-28(32)36-37(40)41)27(39)35-25(16-19(2)3)31-42-24-18-21-17-23(29(21,5)6)30(24,7)43-31/h19-25H,8-18H2,1-7H3,(H,34,38)(H,35,39)(H3,32,33,36)/t20?,21-,22-,23-,24+,25-,30-/m0/s1. The van der Waals surface area contributed by atoms with Gasteiger partial charge in [0.1, 0.15) is 6.04 Å². The zero-order chi connectivity index (χ0) is 31.9. The predicted molar refractivity (Wildman–Crippen MR) is 166 cm³/mol. The first-order valence-corrected chi connectivity index (χ1v) is 16.3. The third kappa shape index (κ3) is 9.06. The van der Waals surface area contributed by atoms with Crippen molar-refractivity contribution in [3.8, 4) is 0 Å². The Morgan fingerprint density at radius 2 is 1.81 bits per heavy atom.